The number of aryl methyl sites for hydroxylation is 1. The number of nitrogens with zero attached hydrogens (tertiary/aromatic N) is 1. The van der Waals surface area contributed by atoms with Gasteiger partial charge in [-0.25, -0.2) is 0 Å². The predicted octanol–water partition coefficient (Wildman–Crippen LogP) is 3.76. The minimum atomic E-state index is 0.288. The van der Waals surface area contributed by atoms with Crippen molar-refractivity contribution in [2.75, 3.05) is 6.61 Å². The molecule has 0 aliphatic rings. The van der Waals surface area contributed by atoms with Crippen molar-refractivity contribution in [2.24, 2.45) is 4.99 Å². The smallest absolute Gasteiger partial charge is 0.148 e. The van der Waals surface area contributed by atoms with Gasteiger partial charge in [0.15, 0.2) is 0 Å². The Morgan fingerprint density at radius 2 is 1.89 bits per heavy atom. The van der Waals surface area contributed by atoms with Crippen molar-refractivity contribution >= 4 is 11.9 Å². The highest BCUT2D eigenvalue weighted by Crippen LogP contribution is 2.17. The van der Waals surface area contributed by atoms with Crippen LogP contribution in [0.4, 0.5) is 5.69 Å². The van der Waals surface area contributed by atoms with Crippen LogP contribution in [0.15, 0.2) is 53.5 Å². The average molecular weight is 249 g/mol. The van der Waals surface area contributed by atoms with Crippen molar-refractivity contribution in [3.63, 3.8) is 0 Å². The third-order valence-electron chi connectivity index (χ3n) is 2.67. The van der Waals surface area contributed by atoms with Crippen molar-refractivity contribution in [2.45, 2.75) is 6.92 Å². The molecular weight excluding hydrogens is 234 g/mol. The second kappa shape index (κ2) is 6.42. The molecule has 0 aromatic heterocycles. The summed E-state index contributed by atoms with van der Waals surface area (Å²) in [7, 11) is 0. The Hall–Kier alpha value is -2.53. The Labute approximate surface area is 113 Å². The molecule has 0 saturated heterocycles. The third kappa shape index (κ3) is 3.72. The van der Waals surface area contributed by atoms with E-state index in [9.17, 15) is 0 Å². The van der Waals surface area contributed by atoms with Crippen LogP contribution >= 0.6 is 0 Å². The summed E-state index contributed by atoms with van der Waals surface area (Å²) >= 11 is 0. The number of ether oxygens (including phenoxy) is 1. The molecule has 0 atom stereocenters. The zero-order valence-electron chi connectivity index (χ0n) is 10.8. The second-order valence-electron chi connectivity index (χ2n) is 4.11. The number of para-hydroxylation sites is 1. The molecule has 0 amide bonds. The van der Waals surface area contributed by atoms with Crippen LogP contribution in [-0.4, -0.2) is 12.8 Å². The molecule has 0 saturated carbocycles. The van der Waals surface area contributed by atoms with E-state index < -0.39 is 0 Å². The van der Waals surface area contributed by atoms with Gasteiger partial charge in [0.05, 0.1) is 5.69 Å². The molecule has 0 radical (unpaired) electrons. The number of terminal acetylenes is 1. The normalized spacial score (nSPS) is 10.3. The first-order valence-electron chi connectivity index (χ1n) is 6.05. The van der Waals surface area contributed by atoms with Crippen LogP contribution in [0.5, 0.6) is 5.75 Å². The minimum Gasteiger partial charge on any atom is -0.481 e. The minimum absolute atomic E-state index is 0.288. The predicted molar refractivity (Wildman–Crippen MR) is 79.2 cm³/mol. The molecule has 19 heavy (non-hydrogen) atoms. The molecule has 0 unspecified atom stereocenters. The van der Waals surface area contributed by atoms with Crippen LogP contribution in [0.1, 0.15) is 11.1 Å². The zero-order valence-corrected chi connectivity index (χ0v) is 10.8. The van der Waals surface area contributed by atoms with Crippen molar-refractivity contribution in [3.05, 3.63) is 59.7 Å². The SMILES string of the molecule is C#CCOc1ccc(C=Nc2ccccc2C)cc1. The van der Waals surface area contributed by atoms with Crippen molar-refractivity contribution in [1.29, 1.82) is 0 Å². The van der Waals surface area contributed by atoms with E-state index in [4.69, 9.17) is 11.2 Å². The second-order valence-corrected chi connectivity index (χ2v) is 4.11. The summed E-state index contributed by atoms with van der Waals surface area (Å²) in [6.07, 6.45) is 6.98. The van der Waals surface area contributed by atoms with E-state index in [1.807, 2.05) is 61.7 Å². The highest BCUT2D eigenvalue weighted by atomic mass is 16.5. The van der Waals surface area contributed by atoms with Gasteiger partial charge in [-0.05, 0) is 48.4 Å². The molecule has 0 spiro atoms. The van der Waals surface area contributed by atoms with E-state index in [0.717, 1.165) is 22.6 Å². The van der Waals surface area contributed by atoms with Crippen LogP contribution in [0.2, 0.25) is 0 Å². The van der Waals surface area contributed by atoms with E-state index in [0.29, 0.717) is 0 Å². The summed E-state index contributed by atoms with van der Waals surface area (Å²) in [5.74, 6) is 3.20. The Kier molecular flexibility index (Phi) is 4.36. The van der Waals surface area contributed by atoms with Crippen molar-refractivity contribution in [3.8, 4) is 18.1 Å². The molecule has 94 valence electrons. The highest BCUT2D eigenvalue weighted by molar-refractivity contribution is 5.82. The topological polar surface area (TPSA) is 21.6 Å². The summed E-state index contributed by atoms with van der Waals surface area (Å²) in [5.41, 5.74) is 3.17. The van der Waals surface area contributed by atoms with Gasteiger partial charge in [0.25, 0.3) is 0 Å². The van der Waals surface area contributed by atoms with Crippen molar-refractivity contribution in [1.82, 2.24) is 0 Å². The number of rotatable bonds is 4. The summed E-state index contributed by atoms with van der Waals surface area (Å²) < 4.78 is 5.31. The maximum atomic E-state index is 5.31. The lowest BCUT2D eigenvalue weighted by Crippen LogP contribution is -1.93. The number of aliphatic imine (C=N–C) groups is 1. The summed E-state index contributed by atoms with van der Waals surface area (Å²) in [4.78, 5) is 4.47. The monoisotopic (exact) mass is 249 g/mol. The van der Waals surface area contributed by atoms with Crippen LogP contribution in [0, 0.1) is 19.3 Å². The molecule has 0 N–H and O–H groups in total. The maximum absolute atomic E-state index is 5.31. The standard InChI is InChI=1S/C17H15NO/c1-3-12-19-16-10-8-15(9-11-16)13-18-17-7-5-4-6-14(17)2/h1,4-11,13H,12H2,2H3. The van der Waals surface area contributed by atoms with E-state index in [1.165, 1.54) is 0 Å². The summed E-state index contributed by atoms with van der Waals surface area (Å²) in [6, 6.07) is 15.7. The Morgan fingerprint density at radius 3 is 2.58 bits per heavy atom. The molecule has 2 heteroatoms. The number of benzene rings is 2. The van der Waals surface area contributed by atoms with E-state index in [2.05, 4.69) is 10.9 Å². The largest absolute Gasteiger partial charge is 0.481 e. The van der Waals surface area contributed by atoms with Crippen LogP contribution < -0.4 is 4.74 Å². The summed E-state index contributed by atoms with van der Waals surface area (Å²) in [6.45, 7) is 2.33. The molecule has 0 heterocycles. The molecule has 0 bridgehead atoms. The zero-order chi connectivity index (χ0) is 13.5. The van der Waals surface area contributed by atoms with Gasteiger partial charge in [-0.15, -0.1) is 6.42 Å². The maximum Gasteiger partial charge on any atom is 0.148 e. The first-order chi connectivity index (χ1) is 9.29. The average Bonchev–Trinajstić information content (AvgIpc) is 2.45. The van der Waals surface area contributed by atoms with Gasteiger partial charge in [-0.3, -0.25) is 4.99 Å². The fraction of sp³-hybridized carbons (Fsp3) is 0.118. The van der Waals surface area contributed by atoms with E-state index in [-0.39, 0.29) is 6.61 Å². The van der Waals surface area contributed by atoms with Crippen molar-refractivity contribution < 1.29 is 4.74 Å². The van der Waals surface area contributed by atoms with Gasteiger partial charge in [-0.1, -0.05) is 24.1 Å². The molecule has 2 aromatic rings. The fourth-order valence-electron chi connectivity index (χ4n) is 1.63. The number of hydrogen-bond acceptors (Lipinski definition) is 2. The molecule has 2 aromatic carbocycles. The lowest BCUT2D eigenvalue weighted by Gasteiger charge is -2.02. The van der Waals surface area contributed by atoms with Gasteiger partial charge in [0, 0.05) is 6.21 Å². The quantitative estimate of drug-likeness (QED) is 0.597. The Balaban J connectivity index is 2.08. The fourth-order valence-corrected chi connectivity index (χ4v) is 1.63. The van der Waals surface area contributed by atoms with Gasteiger partial charge < -0.3 is 4.74 Å². The Bertz CT molecular complexity index is 606. The van der Waals surface area contributed by atoms with Crippen LogP contribution in [-0.2, 0) is 0 Å². The first kappa shape index (κ1) is 12.9. The molecule has 2 nitrogen and oxygen atoms in total. The highest BCUT2D eigenvalue weighted by Gasteiger charge is 1.94. The lowest BCUT2D eigenvalue weighted by atomic mass is 10.2. The van der Waals surface area contributed by atoms with Gasteiger partial charge >= 0.3 is 0 Å². The van der Waals surface area contributed by atoms with Gasteiger partial charge in [-0.2, -0.15) is 0 Å². The lowest BCUT2D eigenvalue weighted by molar-refractivity contribution is 0.370. The first-order valence-corrected chi connectivity index (χ1v) is 6.05. The van der Waals surface area contributed by atoms with E-state index >= 15 is 0 Å². The molecule has 2 rings (SSSR count). The van der Waals surface area contributed by atoms with Gasteiger partial charge in [0.2, 0.25) is 0 Å². The van der Waals surface area contributed by atoms with E-state index in [1.54, 1.807) is 0 Å². The summed E-state index contributed by atoms with van der Waals surface area (Å²) in [5, 5.41) is 0. The Morgan fingerprint density at radius 1 is 1.16 bits per heavy atom. The molecular formula is C17H15NO. The molecule has 0 fully saturated rings. The molecule has 0 aliphatic carbocycles. The number of hydrogen-bond donors (Lipinski definition) is 0. The third-order valence-corrected chi connectivity index (χ3v) is 2.67. The van der Waals surface area contributed by atoms with Crippen LogP contribution in [0.25, 0.3) is 0 Å². The van der Waals surface area contributed by atoms with Crippen LogP contribution in [0.3, 0.4) is 0 Å². The molecule has 0 aliphatic heterocycles. The van der Waals surface area contributed by atoms with Gasteiger partial charge in [0.1, 0.15) is 12.4 Å².